The molecule has 0 aliphatic rings. The summed E-state index contributed by atoms with van der Waals surface area (Å²) < 4.78 is 15.5. The van der Waals surface area contributed by atoms with Crippen LogP contribution in [0, 0.1) is 5.82 Å². The highest BCUT2D eigenvalue weighted by Gasteiger charge is 2.31. The van der Waals surface area contributed by atoms with Crippen molar-refractivity contribution < 1.29 is 4.39 Å². The number of benzene rings is 1. The van der Waals surface area contributed by atoms with Crippen LogP contribution in [0.15, 0.2) is 36.7 Å². The van der Waals surface area contributed by atoms with Crippen molar-refractivity contribution in [2.75, 3.05) is 0 Å². The molecule has 0 radical (unpaired) electrons. The topological polar surface area (TPSA) is 43.8 Å². The molecule has 0 saturated heterocycles. The lowest BCUT2D eigenvalue weighted by atomic mass is 9.83. The maximum Gasteiger partial charge on any atom is 0.128 e. The van der Waals surface area contributed by atoms with Gasteiger partial charge in [0, 0.05) is 24.4 Å². The van der Waals surface area contributed by atoms with Gasteiger partial charge in [-0.15, -0.1) is 0 Å². The summed E-state index contributed by atoms with van der Waals surface area (Å²) >= 11 is 0. The molecule has 1 unspecified atom stereocenters. The molecule has 0 aliphatic heterocycles. The van der Waals surface area contributed by atoms with Crippen LogP contribution in [0.5, 0.6) is 0 Å². The van der Waals surface area contributed by atoms with Gasteiger partial charge >= 0.3 is 0 Å². The number of aromatic nitrogens is 2. The first-order valence-electron chi connectivity index (χ1n) is 5.61. The van der Waals surface area contributed by atoms with Gasteiger partial charge in [-0.3, -0.25) is 4.68 Å². The molecule has 1 aromatic carbocycles. The van der Waals surface area contributed by atoms with Crippen molar-refractivity contribution in [3.8, 4) is 0 Å². The molecule has 1 atom stereocenters. The van der Waals surface area contributed by atoms with E-state index in [1.165, 1.54) is 6.07 Å². The lowest BCUT2D eigenvalue weighted by Gasteiger charge is -2.28. The Hall–Kier alpha value is -1.68. The summed E-state index contributed by atoms with van der Waals surface area (Å²) in [5.74, 6) is -0.277. The van der Waals surface area contributed by atoms with E-state index in [1.807, 2.05) is 20.2 Å². The third kappa shape index (κ3) is 1.96. The SMILES string of the molecule is CCC(N)(c1cnn(C)c1)c1ccccc1F. The monoisotopic (exact) mass is 233 g/mol. The first-order chi connectivity index (χ1) is 8.08. The van der Waals surface area contributed by atoms with E-state index in [9.17, 15) is 4.39 Å². The van der Waals surface area contributed by atoms with Crippen LogP contribution in [0.1, 0.15) is 24.5 Å². The Morgan fingerprint density at radius 2 is 2.12 bits per heavy atom. The van der Waals surface area contributed by atoms with E-state index >= 15 is 0 Å². The summed E-state index contributed by atoms with van der Waals surface area (Å²) in [7, 11) is 1.82. The zero-order valence-electron chi connectivity index (χ0n) is 10.0. The molecule has 90 valence electrons. The summed E-state index contributed by atoms with van der Waals surface area (Å²) in [6.07, 6.45) is 4.13. The zero-order chi connectivity index (χ0) is 12.5. The van der Waals surface area contributed by atoms with E-state index in [2.05, 4.69) is 5.10 Å². The lowest BCUT2D eigenvalue weighted by Crippen LogP contribution is -2.37. The molecular weight excluding hydrogens is 217 g/mol. The maximum atomic E-state index is 13.9. The molecule has 0 saturated carbocycles. The van der Waals surface area contributed by atoms with Crippen LogP contribution in [0.3, 0.4) is 0 Å². The summed E-state index contributed by atoms with van der Waals surface area (Å²) in [5, 5.41) is 4.10. The molecule has 2 rings (SSSR count). The second kappa shape index (κ2) is 4.30. The van der Waals surface area contributed by atoms with Gasteiger partial charge in [0.15, 0.2) is 0 Å². The molecule has 17 heavy (non-hydrogen) atoms. The van der Waals surface area contributed by atoms with Crippen LogP contribution >= 0.6 is 0 Å². The highest BCUT2D eigenvalue weighted by Crippen LogP contribution is 2.31. The molecule has 0 fully saturated rings. The molecule has 0 amide bonds. The standard InChI is InChI=1S/C13H16FN3/c1-3-13(15,10-8-16-17(2)9-10)11-6-4-5-7-12(11)14/h4-9H,3,15H2,1-2H3. The number of hydrogen-bond acceptors (Lipinski definition) is 2. The van der Waals surface area contributed by atoms with Crippen LogP contribution in [0.2, 0.25) is 0 Å². The molecular formula is C13H16FN3. The fourth-order valence-electron chi connectivity index (χ4n) is 2.02. The molecule has 0 spiro atoms. The first kappa shape index (κ1) is 11.8. The van der Waals surface area contributed by atoms with Crippen molar-refractivity contribution in [2.24, 2.45) is 12.8 Å². The van der Waals surface area contributed by atoms with Crippen molar-refractivity contribution in [1.82, 2.24) is 9.78 Å². The molecule has 0 aliphatic carbocycles. The number of nitrogens with zero attached hydrogens (tertiary/aromatic N) is 2. The minimum Gasteiger partial charge on any atom is -0.318 e. The number of aryl methyl sites for hydroxylation is 1. The van der Waals surface area contributed by atoms with Crippen LogP contribution < -0.4 is 5.73 Å². The largest absolute Gasteiger partial charge is 0.318 e. The number of nitrogens with two attached hydrogens (primary N) is 1. The molecule has 2 N–H and O–H groups in total. The van der Waals surface area contributed by atoms with Gasteiger partial charge < -0.3 is 5.73 Å². The summed E-state index contributed by atoms with van der Waals surface area (Å²) in [4.78, 5) is 0. The predicted molar refractivity (Wildman–Crippen MR) is 64.9 cm³/mol. The highest BCUT2D eigenvalue weighted by molar-refractivity contribution is 5.36. The van der Waals surface area contributed by atoms with Gasteiger partial charge in [-0.25, -0.2) is 4.39 Å². The van der Waals surface area contributed by atoms with Gasteiger partial charge in [0.25, 0.3) is 0 Å². The quantitative estimate of drug-likeness (QED) is 0.883. The number of hydrogen-bond donors (Lipinski definition) is 1. The van der Waals surface area contributed by atoms with Gasteiger partial charge in [-0.05, 0) is 12.5 Å². The van der Waals surface area contributed by atoms with E-state index in [0.29, 0.717) is 12.0 Å². The van der Waals surface area contributed by atoms with Crippen LogP contribution in [-0.2, 0) is 12.6 Å². The third-order valence-corrected chi connectivity index (χ3v) is 3.13. The summed E-state index contributed by atoms with van der Waals surface area (Å²) in [6, 6.07) is 6.62. The molecule has 4 heteroatoms. The van der Waals surface area contributed by atoms with E-state index in [1.54, 1.807) is 29.1 Å². The van der Waals surface area contributed by atoms with Gasteiger partial charge in [-0.1, -0.05) is 25.1 Å². The minimum absolute atomic E-state index is 0.277. The van der Waals surface area contributed by atoms with Crippen LogP contribution in [0.4, 0.5) is 4.39 Å². The van der Waals surface area contributed by atoms with Crippen molar-refractivity contribution in [3.05, 3.63) is 53.6 Å². The van der Waals surface area contributed by atoms with Crippen LogP contribution in [-0.4, -0.2) is 9.78 Å². The van der Waals surface area contributed by atoms with Crippen LogP contribution in [0.25, 0.3) is 0 Å². The van der Waals surface area contributed by atoms with E-state index in [4.69, 9.17) is 5.73 Å². The fraction of sp³-hybridized carbons (Fsp3) is 0.308. The molecule has 2 aromatic rings. The van der Waals surface area contributed by atoms with Crippen molar-refractivity contribution in [1.29, 1.82) is 0 Å². The number of halogens is 1. The third-order valence-electron chi connectivity index (χ3n) is 3.13. The Morgan fingerprint density at radius 3 is 2.65 bits per heavy atom. The average molecular weight is 233 g/mol. The highest BCUT2D eigenvalue weighted by atomic mass is 19.1. The first-order valence-corrected chi connectivity index (χ1v) is 5.61. The Balaban J connectivity index is 2.55. The Kier molecular flexibility index (Phi) is 2.98. The van der Waals surface area contributed by atoms with Gasteiger partial charge in [0.2, 0.25) is 0 Å². The van der Waals surface area contributed by atoms with Crippen molar-refractivity contribution in [2.45, 2.75) is 18.9 Å². The van der Waals surface area contributed by atoms with Gasteiger partial charge in [-0.2, -0.15) is 5.10 Å². The maximum absolute atomic E-state index is 13.9. The van der Waals surface area contributed by atoms with Gasteiger partial charge in [0.05, 0.1) is 11.7 Å². The van der Waals surface area contributed by atoms with Crippen molar-refractivity contribution in [3.63, 3.8) is 0 Å². The Bertz CT molecular complexity index is 521. The molecule has 0 bridgehead atoms. The van der Waals surface area contributed by atoms with Crippen molar-refractivity contribution >= 4 is 0 Å². The fourth-order valence-corrected chi connectivity index (χ4v) is 2.02. The van der Waals surface area contributed by atoms with E-state index < -0.39 is 5.54 Å². The molecule has 1 aromatic heterocycles. The Morgan fingerprint density at radius 1 is 1.41 bits per heavy atom. The Labute approximate surface area is 100 Å². The summed E-state index contributed by atoms with van der Waals surface area (Å²) in [5.41, 5.74) is 6.88. The van der Waals surface area contributed by atoms with E-state index in [-0.39, 0.29) is 5.82 Å². The second-order valence-corrected chi connectivity index (χ2v) is 4.21. The molecule has 1 heterocycles. The lowest BCUT2D eigenvalue weighted by molar-refractivity contribution is 0.479. The summed E-state index contributed by atoms with van der Waals surface area (Å²) in [6.45, 7) is 1.94. The minimum atomic E-state index is -0.820. The second-order valence-electron chi connectivity index (χ2n) is 4.21. The van der Waals surface area contributed by atoms with E-state index in [0.717, 1.165) is 5.56 Å². The average Bonchev–Trinajstić information content (AvgIpc) is 2.76. The molecule has 3 nitrogen and oxygen atoms in total. The normalized spacial score (nSPS) is 14.6. The zero-order valence-corrected chi connectivity index (χ0v) is 10.0. The predicted octanol–water partition coefficient (Wildman–Crippen LogP) is 2.17. The van der Waals surface area contributed by atoms with Gasteiger partial charge in [0.1, 0.15) is 5.82 Å². The smallest absolute Gasteiger partial charge is 0.128 e. The number of rotatable bonds is 3.